The summed E-state index contributed by atoms with van der Waals surface area (Å²) in [4.78, 5) is 15.4. The summed E-state index contributed by atoms with van der Waals surface area (Å²) in [7, 11) is 0. The number of rotatable bonds is 4. The van der Waals surface area contributed by atoms with Gasteiger partial charge in [-0.2, -0.15) is 0 Å². The summed E-state index contributed by atoms with van der Waals surface area (Å²) in [5, 5.41) is 12.1. The van der Waals surface area contributed by atoms with Crippen molar-refractivity contribution in [2.24, 2.45) is 5.73 Å². The molecular weight excluding hydrogens is 206 g/mol. The van der Waals surface area contributed by atoms with Crippen molar-refractivity contribution in [1.29, 1.82) is 0 Å². The van der Waals surface area contributed by atoms with Crippen LogP contribution >= 0.6 is 0 Å². The molecule has 1 heterocycles. The molecule has 0 aliphatic carbocycles. The first-order valence-corrected chi connectivity index (χ1v) is 5.16. The monoisotopic (exact) mass is 223 g/mol. The van der Waals surface area contributed by atoms with Gasteiger partial charge in [-0.3, -0.25) is 9.78 Å². The van der Waals surface area contributed by atoms with Crippen molar-refractivity contribution in [2.75, 3.05) is 0 Å². The molecule has 88 valence electrons. The predicted octanol–water partition coefficient (Wildman–Crippen LogP) is -0.0331. The van der Waals surface area contributed by atoms with Crippen LogP contribution in [0.3, 0.4) is 0 Å². The average molecular weight is 223 g/mol. The van der Waals surface area contributed by atoms with E-state index in [1.54, 1.807) is 19.3 Å². The highest BCUT2D eigenvalue weighted by Gasteiger charge is 2.20. The summed E-state index contributed by atoms with van der Waals surface area (Å²) in [6.45, 7) is 3.42. The van der Waals surface area contributed by atoms with E-state index >= 15 is 0 Å². The summed E-state index contributed by atoms with van der Waals surface area (Å²) >= 11 is 0. The van der Waals surface area contributed by atoms with Gasteiger partial charge in [-0.05, 0) is 31.5 Å². The van der Waals surface area contributed by atoms with Crippen LogP contribution in [0.2, 0.25) is 0 Å². The second kappa shape index (κ2) is 5.58. The quantitative estimate of drug-likeness (QED) is 0.668. The fourth-order valence-electron chi connectivity index (χ4n) is 1.27. The lowest BCUT2D eigenvalue weighted by Gasteiger charge is -2.18. The largest absolute Gasteiger partial charge is 0.382 e. The van der Waals surface area contributed by atoms with Crippen LogP contribution in [0.1, 0.15) is 25.5 Å². The van der Waals surface area contributed by atoms with Crippen molar-refractivity contribution in [3.63, 3.8) is 0 Å². The number of nitrogens with one attached hydrogen (secondary N) is 1. The zero-order chi connectivity index (χ0) is 12.1. The van der Waals surface area contributed by atoms with Crippen LogP contribution in [0.25, 0.3) is 0 Å². The smallest absolute Gasteiger partial charge is 0.250 e. The van der Waals surface area contributed by atoms with Gasteiger partial charge in [0.2, 0.25) is 0 Å². The van der Waals surface area contributed by atoms with Crippen LogP contribution in [-0.2, 0) is 4.79 Å². The van der Waals surface area contributed by atoms with Gasteiger partial charge in [-0.1, -0.05) is 0 Å². The van der Waals surface area contributed by atoms with Gasteiger partial charge in [-0.15, -0.1) is 0 Å². The van der Waals surface area contributed by atoms with Gasteiger partial charge in [0.05, 0.1) is 6.04 Å². The summed E-state index contributed by atoms with van der Waals surface area (Å²) in [5.41, 5.74) is 6.36. The molecule has 3 unspecified atom stereocenters. The van der Waals surface area contributed by atoms with Crippen LogP contribution in [0.4, 0.5) is 0 Å². The fourth-order valence-corrected chi connectivity index (χ4v) is 1.27. The predicted molar refractivity (Wildman–Crippen MR) is 60.5 cm³/mol. The normalized spacial score (nSPS) is 16.2. The lowest BCUT2D eigenvalue weighted by Crippen LogP contribution is -2.45. The molecule has 1 rings (SSSR count). The average Bonchev–Trinajstić information content (AvgIpc) is 2.28. The zero-order valence-electron chi connectivity index (χ0n) is 9.42. The molecule has 1 amide bonds. The highest BCUT2D eigenvalue weighted by atomic mass is 16.3. The first kappa shape index (κ1) is 12.6. The number of aliphatic hydroxyl groups excluding tert-OH is 1. The molecule has 0 spiro atoms. The first-order chi connectivity index (χ1) is 7.52. The van der Waals surface area contributed by atoms with Crippen molar-refractivity contribution in [2.45, 2.75) is 32.0 Å². The maximum absolute atomic E-state index is 11.5. The summed E-state index contributed by atoms with van der Waals surface area (Å²) in [6, 6.07) is 2.86. The Morgan fingerprint density at radius 3 is 2.50 bits per heavy atom. The van der Waals surface area contributed by atoms with E-state index in [0.717, 1.165) is 5.56 Å². The molecule has 0 aliphatic heterocycles. The molecule has 5 heteroatoms. The molecule has 16 heavy (non-hydrogen) atoms. The van der Waals surface area contributed by atoms with E-state index in [2.05, 4.69) is 10.3 Å². The maximum atomic E-state index is 11.5. The van der Waals surface area contributed by atoms with Crippen molar-refractivity contribution in [3.8, 4) is 0 Å². The van der Waals surface area contributed by atoms with E-state index in [0.29, 0.717) is 0 Å². The molecule has 4 N–H and O–H groups in total. The van der Waals surface area contributed by atoms with E-state index in [-0.39, 0.29) is 6.04 Å². The number of carbonyl (C=O) groups is 1. The Kier molecular flexibility index (Phi) is 4.39. The van der Waals surface area contributed by atoms with E-state index in [1.165, 1.54) is 0 Å². The molecule has 0 aliphatic rings. The summed E-state index contributed by atoms with van der Waals surface area (Å²) in [6.07, 6.45) is 2.13. The van der Waals surface area contributed by atoms with Crippen LogP contribution in [0, 0.1) is 0 Å². The topological polar surface area (TPSA) is 88.2 Å². The Hall–Kier alpha value is -1.46. The lowest BCUT2D eigenvalue weighted by molar-refractivity contribution is -0.130. The number of hydrogen-bond donors (Lipinski definition) is 3. The summed E-state index contributed by atoms with van der Waals surface area (Å²) < 4.78 is 0. The van der Waals surface area contributed by atoms with E-state index in [1.807, 2.05) is 19.1 Å². The number of amides is 1. The van der Waals surface area contributed by atoms with Crippen LogP contribution in [0.15, 0.2) is 24.5 Å². The standard InChI is InChI=1S/C11H17N3O2/c1-7(12)10(15)11(16)14-8(2)9-3-5-13-6-4-9/h3-8,10,15H,12H2,1-2H3,(H,14,16). The van der Waals surface area contributed by atoms with Gasteiger partial charge >= 0.3 is 0 Å². The Morgan fingerprint density at radius 1 is 1.44 bits per heavy atom. The molecule has 1 aromatic heterocycles. The Labute approximate surface area is 94.7 Å². The second-order valence-electron chi connectivity index (χ2n) is 3.81. The lowest BCUT2D eigenvalue weighted by atomic mass is 10.1. The zero-order valence-corrected chi connectivity index (χ0v) is 9.42. The Bertz CT molecular complexity index is 340. The number of carbonyl (C=O) groups excluding carboxylic acids is 1. The number of aromatic nitrogens is 1. The molecule has 0 aromatic carbocycles. The minimum absolute atomic E-state index is 0.177. The van der Waals surface area contributed by atoms with Crippen molar-refractivity contribution >= 4 is 5.91 Å². The number of hydrogen-bond acceptors (Lipinski definition) is 4. The number of pyridine rings is 1. The third kappa shape index (κ3) is 3.29. The SMILES string of the molecule is CC(NC(=O)C(O)C(C)N)c1ccncc1. The van der Waals surface area contributed by atoms with Gasteiger partial charge in [0, 0.05) is 18.4 Å². The van der Waals surface area contributed by atoms with E-state index in [4.69, 9.17) is 5.73 Å². The fraction of sp³-hybridized carbons (Fsp3) is 0.455. The Balaban J connectivity index is 2.58. The molecule has 5 nitrogen and oxygen atoms in total. The van der Waals surface area contributed by atoms with E-state index in [9.17, 15) is 9.90 Å². The molecule has 3 atom stereocenters. The molecular formula is C11H17N3O2. The molecule has 0 bridgehead atoms. The van der Waals surface area contributed by atoms with Crippen molar-refractivity contribution in [3.05, 3.63) is 30.1 Å². The van der Waals surface area contributed by atoms with Crippen LogP contribution < -0.4 is 11.1 Å². The minimum atomic E-state index is -1.18. The molecule has 0 radical (unpaired) electrons. The van der Waals surface area contributed by atoms with Crippen molar-refractivity contribution < 1.29 is 9.90 Å². The van der Waals surface area contributed by atoms with Crippen LogP contribution in [-0.4, -0.2) is 28.1 Å². The van der Waals surface area contributed by atoms with Gasteiger partial charge in [0.25, 0.3) is 5.91 Å². The minimum Gasteiger partial charge on any atom is -0.382 e. The van der Waals surface area contributed by atoms with Crippen LogP contribution in [0.5, 0.6) is 0 Å². The molecule has 1 aromatic rings. The number of nitrogens with zero attached hydrogens (tertiary/aromatic N) is 1. The summed E-state index contributed by atoms with van der Waals surface area (Å²) in [5.74, 6) is -0.459. The van der Waals surface area contributed by atoms with Gasteiger partial charge in [-0.25, -0.2) is 0 Å². The maximum Gasteiger partial charge on any atom is 0.250 e. The third-order valence-electron chi connectivity index (χ3n) is 2.33. The van der Waals surface area contributed by atoms with Gasteiger partial charge in [0.15, 0.2) is 0 Å². The first-order valence-electron chi connectivity index (χ1n) is 5.16. The second-order valence-corrected chi connectivity index (χ2v) is 3.81. The highest BCUT2D eigenvalue weighted by Crippen LogP contribution is 2.10. The number of aliphatic hydroxyl groups is 1. The number of nitrogens with two attached hydrogens (primary N) is 1. The molecule has 0 saturated carbocycles. The Morgan fingerprint density at radius 2 is 2.00 bits per heavy atom. The van der Waals surface area contributed by atoms with Crippen molar-refractivity contribution in [1.82, 2.24) is 10.3 Å². The molecule has 0 fully saturated rings. The third-order valence-corrected chi connectivity index (χ3v) is 2.33. The highest BCUT2D eigenvalue weighted by molar-refractivity contribution is 5.81. The molecule has 0 saturated heterocycles. The van der Waals surface area contributed by atoms with Gasteiger partial charge in [0.1, 0.15) is 6.10 Å². The van der Waals surface area contributed by atoms with E-state index < -0.39 is 18.1 Å². The van der Waals surface area contributed by atoms with Gasteiger partial charge < -0.3 is 16.2 Å².